The summed E-state index contributed by atoms with van der Waals surface area (Å²) < 4.78 is 1.02. The maximum absolute atomic E-state index is 9.21. The molecule has 3 rings (SSSR count). The summed E-state index contributed by atoms with van der Waals surface area (Å²) in [6.07, 6.45) is 6.10. The van der Waals surface area contributed by atoms with Crippen LogP contribution in [0.4, 0.5) is 5.82 Å². The smallest absolute Gasteiger partial charge is 0.137 e. The lowest BCUT2D eigenvalue weighted by Gasteiger charge is -2.42. The van der Waals surface area contributed by atoms with E-state index >= 15 is 0 Å². The van der Waals surface area contributed by atoms with Crippen molar-refractivity contribution in [2.24, 2.45) is 5.41 Å². The van der Waals surface area contributed by atoms with Crippen molar-refractivity contribution < 1.29 is 5.11 Å². The fourth-order valence-corrected chi connectivity index (χ4v) is 3.23. The third kappa shape index (κ3) is 2.65. The predicted octanol–water partition coefficient (Wildman–Crippen LogP) is 3.36. The molecule has 20 heavy (non-hydrogen) atoms. The topological polar surface area (TPSA) is 58.0 Å². The zero-order valence-electron chi connectivity index (χ0n) is 11.3. The van der Waals surface area contributed by atoms with Gasteiger partial charge in [0.15, 0.2) is 0 Å². The van der Waals surface area contributed by atoms with Crippen molar-refractivity contribution >= 4 is 32.7 Å². The molecule has 0 amide bonds. The van der Waals surface area contributed by atoms with Crippen LogP contribution < -0.4 is 5.32 Å². The Balaban J connectivity index is 1.82. The van der Waals surface area contributed by atoms with Crippen LogP contribution in [0.2, 0.25) is 0 Å². The molecule has 2 aromatic rings. The van der Waals surface area contributed by atoms with Crippen molar-refractivity contribution in [2.75, 3.05) is 18.5 Å². The second-order valence-corrected chi connectivity index (χ2v) is 6.48. The highest BCUT2D eigenvalue weighted by Crippen LogP contribution is 2.43. The van der Waals surface area contributed by atoms with E-state index in [0.717, 1.165) is 34.2 Å². The Labute approximate surface area is 126 Å². The summed E-state index contributed by atoms with van der Waals surface area (Å²) in [5.74, 6) is 0.875. The number of nitrogens with one attached hydrogen (secondary N) is 1. The van der Waals surface area contributed by atoms with E-state index in [1.807, 2.05) is 18.2 Å². The number of hydrogen-bond acceptors (Lipinski definition) is 4. The highest BCUT2D eigenvalue weighted by Gasteiger charge is 2.36. The fourth-order valence-electron chi connectivity index (χ4n) is 2.87. The van der Waals surface area contributed by atoms with Gasteiger partial charge in [-0.05, 0) is 42.9 Å². The van der Waals surface area contributed by atoms with Gasteiger partial charge in [-0.1, -0.05) is 22.4 Å². The number of benzene rings is 1. The lowest BCUT2D eigenvalue weighted by atomic mass is 9.67. The first-order valence-electron chi connectivity index (χ1n) is 6.97. The van der Waals surface area contributed by atoms with E-state index in [2.05, 4.69) is 31.2 Å². The number of fused-ring (bicyclic) bond motifs is 1. The average molecular weight is 336 g/mol. The molecule has 1 aromatic heterocycles. The van der Waals surface area contributed by atoms with Crippen molar-refractivity contribution in [3.63, 3.8) is 0 Å². The summed E-state index contributed by atoms with van der Waals surface area (Å²) in [6.45, 7) is 1.13. The normalized spacial score (nSPS) is 16.9. The molecular weight excluding hydrogens is 318 g/mol. The Kier molecular flexibility index (Phi) is 3.89. The number of rotatable bonds is 5. The van der Waals surface area contributed by atoms with E-state index in [1.165, 1.54) is 19.3 Å². The van der Waals surface area contributed by atoms with Crippen molar-refractivity contribution in [1.29, 1.82) is 0 Å². The first-order chi connectivity index (χ1) is 9.72. The SMILES string of the molecule is OCCC1(CNc2ncnc3ccc(Br)cc23)CCC1. The van der Waals surface area contributed by atoms with Crippen LogP contribution in [0.3, 0.4) is 0 Å². The third-order valence-electron chi connectivity index (χ3n) is 4.28. The number of aliphatic hydroxyl groups is 1. The molecule has 1 fully saturated rings. The predicted molar refractivity (Wildman–Crippen MR) is 83.7 cm³/mol. The monoisotopic (exact) mass is 335 g/mol. The van der Waals surface area contributed by atoms with Crippen molar-refractivity contribution in [2.45, 2.75) is 25.7 Å². The van der Waals surface area contributed by atoms with Crippen LogP contribution in [0, 0.1) is 5.41 Å². The fraction of sp³-hybridized carbons (Fsp3) is 0.467. The molecule has 2 N–H and O–H groups in total. The van der Waals surface area contributed by atoms with Gasteiger partial charge < -0.3 is 10.4 Å². The highest BCUT2D eigenvalue weighted by atomic mass is 79.9. The average Bonchev–Trinajstić information content (AvgIpc) is 2.41. The van der Waals surface area contributed by atoms with Gasteiger partial charge in [0.2, 0.25) is 0 Å². The summed E-state index contributed by atoms with van der Waals surface area (Å²) in [6, 6.07) is 6.01. The number of hydrogen-bond donors (Lipinski definition) is 2. The van der Waals surface area contributed by atoms with Crippen LogP contribution in [0.1, 0.15) is 25.7 Å². The van der Waals surface area contributed by atoms with Crippen LogP contribution in [0.5, 0.6) is 0 Å². The standard InChI is InChI=1S/C15H18BrN3O/c16-11-2-3-13-12(8-11)14(19-10-18-13)17-9-15(6-7-20)4-1-5-15/h2-3,8,10,20H,1,4-7,9H2,(H,17,18,19). The number of anilines is 1. The van der Waals surface area contributed by atoms with Crippen LogP contribution in [-0.2, 0) is 0 Å². The molecule has 0 aliphatic heterocycles. The maximum Gasteiger partial charge on any atom is 0.137 e. The van der Waals surface area contributed by atoms with E-state index in [-0.39, 0.29) is 12.0 Å². The molecule has 5 heteroatoms. The molecule has 0 radical (unpaired) electrons. The zero-order valence-corrected chi connectivity index (χ0v) is 12.9. The molecular formula is C15H18BrN3O. The minimum Gasteiger partial charge on any atom is -0.396 e. The molecule has 0 saturated heterocycles. The van der Waals surface area contributed by atoms with Crippen LogP contribution in [-0.4, -0.2) is 28.2 Å². The van der Waals surface area contributed by atoms with Gasteiger partial charge in [-0.3, -0.25) is 0 Å². The van der Waals surface area contributed by atoms with Gasteiger partial charge in [0.05, 0.1) is 5.52 Å². The van der Waals surface area contributed by atoms with E-state index in [9.17, 15) is 5.11 Å². The Bertz CT molecular complexity index is 613. The van der Waals surface area contributed by atoms with Gasteiger partial charge in [0, 0.05) is 23.0 Å². The van der Waals surface area contributed by atoms with Gasteiger partial charge in [-0.15, -0.1) is 0 Å². The molecule has 0 atom stereocenters. The second-order valence-electron chi connectivity index (χ2n) is 5.56. The summed E-state index contributed by atoms with van der Waals surface area (Å²) in [4.78, 5) is 8.65. The lowest BCUT2D eigenvalue weighted by molar-refractivity contribution is 0.102. The molecule has 1 heterocycles. The molecule has 106 valence electrons. The van der Waals surface area contributed by atoms with Gasteiger partial charge in [0.1, 0.15) is 12.1 Å². The summed E-state index contributed by atoms with van der Waals surface area (Å²) in [5, 5.41) is 13.7. The number of halogens is 1. The molecule has 0 spiro atoms. The van der Waals surface area contributed by atoms with Crippen LogP contribution >= 0.6 is 15.9 Å². The Morgan fingerprint density at radius 2 is 2.15 bits per heavy atom. The van der Waals surface area contributed by atoms with Gasteiger partial charge in [-0.25, -0.2) is 9.97 Å². The number of aliphatic hydroxyl groups excluding tert-OH is 1. The van der Waals surface area contributed by atoms with E-state index in [4.69, 9.17) is 0 Å². The first-order valence-corrected chi connectivity index (χ1v) is 7.77. The quantitative estimate of drug-likeness (QED) is 0.879. The summed E-state index contributed by atoms with van der Waals surface area (Å²) in [7, 11) is 0. The van der Waals surface area contributed by atoms with Gasteiger partial charge >= 0.3 is 0 Å². The Hall–Kier alpha value is -1.20. The number of aromatic nitrogens is 2. The van der Waals surface area contributed by atoms with E-state index < -0.39 is 0 Å². The maximum atomic E-state index is 9.21. The van der Waals surface area contributed by atoms with Crippen molar-refractivity contribution in [3.8, 4) is 0 Å². The molecule has 1 saturated carbocycles. The van der Waals surface area contributed by atoms with Crippen molar-refractivity contribution in [3.05, 3.63) is 29.0 Å². The third-order valence-corrected chi connectivity index (χ3v) is 4.78. The molecule has 1 aromatic carbocycles. The van der Waals surface area contributed by atoms with Crippen LogP contribution in [0.25, 0.3) is 10.9 Å². The molecule has 1 aliphatic rings. The molecule has 4 nitrogen and oxygen atoms in total. The lowest BCUT2D eigenvalue weighted by Crippen LogP contribution is -2.37. The zero-order chi connectivity index (χ0) is 14.0. The largest absolute Gasteiger partial charge is 0.396 e. The molecule has 0 unspecified atom stereocenters. The van der Waals surface area contributed by atoms with Crippen molar-refractivity contribution in [1.82, 2.24) is 9.97 Å². The Morgan fingerprint density at radius 3 is 2.85 bits per heavy atom. The van der Waals surface area contributed by atoms with Crippen LogP contribution in [0.15, 0.2) is 29.0 Å². The molecule has 1 aliphatic carbocycles. The highest BCUT2D eigenvalue weighted by molar-refractivity contribution is 9.10. The second kappa shape index (κ2) is 5.66. The summed E-state index contributed by atoms with van der Waals surface area (Å²) >= 11 is 3.49. The number of nitrogens with zero attached hydrogens (tertiary/aromatic N) is 2. The minimum atomic E-state index is 0.248. The molecule has 0 bridgehead atoms. The Morgan fingerprint density at radius 1 is 1.30 bits per heavy atom. The van der Waals surface area contributed by atoms with Gasteiger partial charge in [0.25, 0.3) is 0 Å². The van der Waals surface area contributed by atoms with E-state index in [1.54, 1.807) is 6.33 Å². The van der Waals surface area contributed by atoms with E-state index in [0.29, 0.717) is 0 Å². The summed E-state index contributed by atoms with van der Waals surface area (Å²) in [5.41, 5.74) is 1.19. The first kappa shape index (κ1) is 13.8. The minimum absolute atomic E-state index is 0.248. The van der Waals surface area contributed by atoms with Gasteiger partial charge in [-0.2, -0.15) is 0 Å².